The van der Waals surface area contributed by atoms with E-state index >= 15 is 0 Å². The van der Waals surface area contributed by atoms with Gasteiger partial charge in [0.15, 0.2) is 0 Å². The van der Waals surface area contributed by atoms with E-state index in [-0.39, 0.29) is 6.04 Å². The van der Waals surface area contributed by atoms with Crippen LogP contribution in [0.3, 0.4) is 0 Å². The van der Waals surface area contributed by atoms with Crippen molar-refractivity contribution in [3.8, 4) is 0 Å². The zero-order chi connectivity index (χ0) is 13.5. The molecule has 1 heterocycles. The Morgan fingerprint density at radius 2 is 2.00 bits per heavy atom. The molecule has 2 atom stereocenters. The van der Waals surface area contributed by atoms with Gasteiger partial charge in [-0.05, 0) is 45.0 Å². The van der Waals surface area contributed by atoms with Crippen LogP contribution in [0.5, 0.6) is 0 Å². The summed E-state index contributed by atoms with van der Waals surface area (Å²) in [5, 5.41) is 0. The summed E-state index contributed by atoms with van der Waals surface area (Å²) in [6.45, 7) is 11.1. The Hall–Kier alpha value is -0.380. The number of thiophene rings is 1. The van der Waals surface area contributed by atoms with Crippen LogP contribution in [0.2, 0.25) is 0 Å². The van der Waals surface area contributed by atoms with Gasteiger partial charge in [0.2, 0.25) is 0 Å². The van der Waals surface area contributed by atoms with Crippen LogP contribution >= 0.6 is 11.3 Å². The van der Waals surface area contributed by atoms with Gasteiger partial charge in [-0.1, -0.05) is 27.2 Å². The fraction of sp³-hybridized carbons (Fsp3) is 0.733. The highest BCUT2D eigenvalue weighted by atomic mass is 32.1. The lowest BCUT2D eigenvalue weighted by molar-refractivity contribution is 0.178. The van der Waals surface area contributed by atoms with Crippen LogP contribution in [0, 0.1) is 6.92 Å². The van der Waals surface area contributed by atoms with Gasteiger partial charge in [0.25, 0.3) is 0 Å². The number of aryl methyl sites for hydroxylation is 1. The minimum atomic E-state index is 0.236. The molecule has 0 bridgehead atoms. The van der Waals surface area contributed by atoms with E-state index in [1.165, 1.54) is 22.6 Å². The Morgan fingerprint density at radius 3 is 2.44 bits per heavy atom. The average molecular weight is 268 g/mol. The van der Waals surface area contributed by atoms with E-state index in [9.17, 15) is 0 Å². The second-order valence-corrected chi connectivity index (χ2v) is 6.27. The van der Waals surface area contributed by atoms with Gasteiger partial charge in [-0.3, -0.25) is 4.90 Å². The molecule has 0 saturated heterocycles. The molecule has 0 radical (unpaired) electrons. The zero-order valence-corrected chi connectivity index (χ0v) is 13.1. The molecule has 0 amide bonds. The van der Waals surface area contributed by atoms with E-state index in [2.05, 4.69) is 44.7 Å². The number of hydrogen-bond acceptors (Lipinski definition) is 3. The lowest BCUT2D eigenvalue weighted by Gasteiger charge is -2.34. The van der Waals surface area contributed by atoms with Crippen molar-refractivity contribution in [3.63, 3.8) is 0 Å². The third-order valence-electron chi connectivity index (χ3n) is 3.53. The van der Waals surface area contributed by atoms with Gasteiger partial charge in [0.05, 0.1) is 6.04 Å². The number of unbranched alkanes of at least 4 members (excludes halogenated alkanes) is 1. The summed E-state index contributed by atoms with van der Waals surface area (Å²) < 4.78 is 0. The molecule has 1 aromatic rings. The van der Waals surface area contributed by atoms with E-state index in [4.69, 9.17) is 5.73 Å². The lowest BCUT2D eigenvalue weighted by Crippen LogP contribution is -2.40. The zero-order valence-electron chi connectivity index (χ0n) is 12.3. The Kier molecular flexibility index (Phi) is 6.90. The minimum Gasteiger partial charge on any atom is -0.326 e. The van der Waals surface area contributed by atoms with E-state index in [0.717, 1.165) is 19.5 Å². The van der Waals surface area contributed by atoms with Gasteiger partial charge < -0.3 is 5.73 Å². The van der Waals surface area contributed by atoms with Gasteiger partial charge in [-0.2, -0.15) is 0 Å². The van der Waals surface area contributed by atoms with Crippen molar-refractivity contribution in [1.29, 1.82) is 0 Å². The third-order valence-corrected chi connectivity index (χ3v) is 4.60. The maximum absolute atomic E-state index is 6.37. The number of nitrogens with zero attached hydrogens (tertiary/aromatic N) is 1. The molecular formula is C15H28N2S. The van der Waals surface area contributed by atoms with Gasteiger partial charge in [0.1, 0.15) is 0 Å². The summed E-state index contributed by atoms with van der Waals surface area (Å²) in [5.41, 5.74) is 6.37. The summed E-state index contributed by atoms with van der Waals surface area (Å²) in [6, 6.07) is 5.10. The van der Waals surface area contributed by atoms with E-state index in [0.29, 0.717) is 6.04 Å². The van der Waals surface area contributed by atoms with Crippen molar-refractivity contribution >= 4 is 11.3 Å². The summed E-state index contributed by atoms with van der Waals surface area (Å²) >= 11 is 1.90. The van der Waals surface area contributed by atoms with Gasteiger partial charge in [0, 0.05) is 15.8 Å². The normalized spacial score (nSPS) is 15.0. The van der Waals surface area contributed by atoms with E-state index < -0.39 is 0 Å². The van der Waals surface area contributed by atoms with Crippen LogP contribution in [0.15, 0.2) is 12.1 Å². The average Bonchev–Trinajstić information content (AvgIpc) is 2.79. The molecule has 0 aliphatic rings. The Balaban J connectivity index is 2.88. The molecule has 0 fully saturated rings. The number of hydrogen-bond donors (Lipinski definition) is 1. The molecular weight excluding hydrogens is 240 g/mol. The van der Waals surface area contributed by atoms with Crippen molar-refractivity contribution in [1.82, 2.24) is 4.90 Å². The monoisotopic (exact) mass is 268 g/mol. The summed E-state index contributed by atoms with van der Waals surface area (Å²) in [6.07, 6.45) is 3.53. The minimum absolute atomic E-state index is 0.236. The first-order valence-corrected chi connectivity index (χ1v) is 8.01. The lowest BCUT2D eigenvalue weighted by atomic mass is 10.0. The second kappa shape index (κ2) is 7.93. The van der Waals surface area contributed by atoms with Crippen LogP contribution in [0.25, 0.3) is 0 Å². The van der Waals surface area contributed by atoms with Crippen molar-refractivity contribution in [2.75, 3.05) is 13.1 Å². The smallest absolute Gasteiger partial charge is 0.0593 e. The van der Waals surface area contributed by atoms with Crippen LogP contribution in [0.1, 0.15) is 55.8 Å². The molecule has 104 valence electrons. The predicted octanol–water partition coefficient (Wildman–Crippen LogP) is 3.96. The van der Waals surface area contributed by atoms with Crippen LogP contribution in [0.4, 0.5) is 0 Å². The van der Waals surface area contributed by atoms with Gasteiger partial charge in [-0.25, -0.2) is 0 Å². The Morgan fingerprint density at radius 1 is 1.28 bits per heavy atom. The first kappa shape index (κ1) is 15.7. The molecule has 18 heavy (non-hydrogen) atoms. The fourth-order valence-corrected chi connectivity index (χ4v) is 3.44. The summed E-state index contributed by atoms with van der Waals surface area (Å²) in [7, 11) is 0. The molecule has 1 rings (SSSR count). The molecule has 0 aliphatic carbocycles. The Labute approximate surface area is 116 Å². The van der Waals surface area contributed by atoms with Gasteiger partial charge >= 0.3 is 0 Å². The standard InChI is InChI=1S/C15H28N2S/c1-5-8-11-17(7-3)15(13(16)6-2)14-10-9-12(4)18-14/h9-10,13,15H,5-8,11,16H2,1-4H3. The van der Waals surface area contributed by atoms with Crippen LogP contribution in [-0.4, -0.2) is 24.0 Å². The highest BCUT2D eigenvalue weighted by Gasteiger charge is 2.25. The topological polar surface area (TPSA) is 29.3 Å². The Bertz CT molecular complexity index is 335. The predicted molar refractivity (Wildman–Crippen MR) is 82.2 cm³/mol. The van der Waals surface area contributed by atoms with Crippen molar-refractivity contribution in [2.45, 2.75) is 59.0 Å². The van der Waals surface area contributed by atoms with Crippen LogP contribution in [-0.2, 0) is 0 Å². The molecule has 3 heteroatoms. The number of likely N-dealkylation sites (N-methyl/N-ethyl adjacent to an activating group) is 1. The highest BCUT2D eigenvalue weighted by Crippen LogP contribution is 2.30. The second-order valence-electron chi connectivity index (χ2n) is 4.95. The number of nitrogens with two attached hydrogens (primary N) is 1. The molecule has 2 N–H and O–H groups in total. The first-order chi connectivity index (χ1) is 8.63. The third kappa shape index (κ3) is 4.08. The van der Waals surface area contributed by atoms with E-state index in [1.54, 1.807) is 0 Å². The summed E-state index contributed by atoms with van der Waals surface area (Å²) in [4.78, 5) is 5.35. The van der Waals surface area contributed by atoms with Crippen molar-refractivity contribution < 1.29 is 0 Å². The first-order valence-electron chi connectivity index (χ1n) is 7.19. The molecule has 2 unspecified atom stereocenters. The van der Waals surface area contributed by atoms with Crippen molar-refractivity contribution in [2.24, 2.45) is 5.73 Å². The van der Waals surface area contributed by atoms with Crippen LogP contribution < -0.4 is 5.73 Å². The fourth-order valence-electron chi connectivity index (χ4n) is 2.35. The van der Waals surface area contributed by atoms with Crippen molar-refractivity contribution in [3.05, 3.63) is 21.9 Å². The molecule has 2 nitrogen and oxygen atoms in total. The quantitative estimate of drug-likeness (QED) is 0.773. The molecule has 0 aromatic carbocycles. The largest absolute Gasteiger partial charge is 0.326 e. The SMILES string of the molecule is CCCCN(CC)C(c1ccc(C)s1)C(N)CC. The highest BCUT2D eigenvalue weighted by molar-refractivity contribution is 7.12. The molecule has 0 saturated carbocycles. The maximum atomic E-state index is 6.37. The van der Waals surface area contributed by atoms with E-state index in [1.807, 2.05) is 11.3 Å². The van der Waals surface area contributed by atoms with Gasteiger partial charge in [-0.15, -0.1) is 11.3 Å². The summed E-state index contributed by atoms with van der Waals surface area (Å²) in [5.74, 6) is 0. The molecule has 0 aliphatic heterocycles. The number of rotatable bonds is 8. The molecule has 1 aromatic heterocycles. The molecule has 0 spiro atoms. The maximum Gasteiger partial charge on any atom is 0.0593 e.